The highest BCUT2D eigenvalue weighted by Crippen LogP contribution is 2.32. The van der Waals surface area contributed by atoms with Gasteiger partial charge < -0.3 is 15.7 Å². The molecule has 0 saturated carbocycles. The van der Waals surface area contributed by atoms with E-state index in [1.807, 2.05) is 25.1 Å². The minimum absolute atomic E-state index is 0.102. The number of nitrogens with zero attached hydrogens (tertiary/aromatic N) is 1. The van der Waals surface area contributed by atoms with Crippen molar-refractivity contribution in [1.82, 2.24) is 15.0 Å². The number of hydrogen-bond donors (Lipinski definition) is 4. The topological polar surface area (TPSA) is 103 Å². The Morgan fingerprint density at radius 3 is 2.59 bits per heavy atom. The van der Waals surface area contributed by atoms with Gasteiger partial charge in [0.15, 0.2) is 0 Å². The maximum atomic E-state index is 12.2. The minimum Gasteiger partial charge on any atom is -0.475 e. The highest BCUT2D eigenvalue weighted by Gasteiger charge is 2.38. The summed E-state index contributed by atoms with van der Waals surface area (Å²) in [5, 5.41) is 17.2. The number of halogens is 4. The van der Waals surface area contributed by atoms with Gasteiger partial charge >= 0.3 is 18.2 Å². The number of carbonyl (C=O) groups is 2. The SMILES string of the molecule is Cc1cc(NC(=O)N[C@@H]2CCNC[C@H]2c2ccc(Cl)s2)sn1.O=C(O)C(F)(F)F. The van der Waals surface area contributed by atoms with Crippen molar-refractivity contribution in [3.63, 3.8) is 0 Å². The first kappa shape index (κ1) is 23.4. The molecule has 160 valence electrons. The van der Waals surface area contributed by atoms with Crippen LogP contribution in [0.2, 0.25) is 4.34 Å². The first-order chi connectivity index (χ1) is 13.6. The lowest BCUT2D eigenvalue weighted by atomic mass is 9.92. The zero-order valence-corrected chi connectivity index (χ0v) is 17.4. The number of piperidine rings is 1. The van der Waals surface area contributed by atoms with E-state index in [0.29, 0.717) is 0 Å². The van der Waals surface area contributed by atoms with Crippen molar-refractivity contribution in [1.29, 1.82) is 0 Å². The highest BCUT2D eigenvalue weighted by atomic mass is 35.5. The number of aromatic nitrogens is 1. The predicted molar refractivity (Wildman–Crippen MR) is 106 cm³/mol. The monoisotopic (exact) mass is 470 g/mol. The summed E-state index contributed by atoms with van der Waals surface area (Å²) in [6.07, 6.45) is -4.19. The first-order valence-electron chi connectivity index (χ1n) is 8.33. The molecule has 2 aromatic heterocycles. The van der Waals surface area contributed by atoms with E-state index < -0.39 is 12.1 Å². The van der Waals surface area contributed by atoms with Gasteiger partial charge in [-0.25, -0.2) is 9.59 Å². The predicted octanol–water partition coefficient (Wildman–Crippen LogP) is 4.07. The smallest absolute Gasteiger partial charge is 0.475 e. The van der Waals surface area contributed by atoms with Crippen molar-refractivity contribution in [3.8, 4) is 0 Å². The average Bonchev–Trinajstić information content (AvgIpc) is 3.23. The van der Waals surface area contributed by atoms with Crippen molar-refractivity contribution in [2.24, 2.45) is 0 Å². The summed E-state index contributed by atoms with van der Waals surface area (Å²) < 4.78 is 36.7. The quantitative estimate of drug-likeness (QED) is 0.541. The molecule has 1 fully saturated rings. The van der Waals surface area contributed by atoms with Gasteiger partial charge in [0, 0.05) is 23.4 Å². The van der Waals surface area contributed by atoms with Gasteiger partial charge in [0.1, 0.15) is 5.00 Å². The Morgan fingerprint density at radius 1 is 1.38 bits per heavy atom. The Morgan fingerprint density at radius 2 is 2.07 bits per heavy atom. The van der Waals surface area contributed by atoms with Crippen molar-refractivity contribution in [3.05, 3.63) is 33.1 Å². The molecular weight excluding hydrogens is 453 g/mol. The first-order valence-corrected chi connectivity index (χ1v) is 10.3. The van der Waals surface area contributed by atoms with Gasteiger partial charge in [-0.3, -0.25) is 5.32 Å². The zero-order chi connectivity index (χ0) is 21.6. The van der Waals surface area contributed by atoms with Crippen LogP contribution in [0.4, 0.5) is 23.0 Å². The van der Waals surface area contributed by atoms with Crippen LogP contribution >= 0.6 is 34.5 Å². The van der Waals surface area contributed by atoms with Gasteiger partial charge in [-0.05, 0) is 49.6 Å². The Hall–Kier alpha value is -1.89. The largest absolute Gasteiger partial charge is 0.490 e. The Kier molecular flexibility index (Phi) is 8.25. The third-order valence-electron chi connectivity index (χ3n) is 3.87. The van der Waals surface area contributed by atoms with E-state index in [-0.39, 0.29) is 18.0 Å². The molecule has 4 N–H and O–H groups in total. The fraction of sp³-hybridized carbons (Fsp3) is 0.438. The molecule has 0 aromatic carbocycles. The van der Waals surface area contributed by atoms with Gasteiger partial charge in [-0.1, -0.05) is 11.6 Å². The molecule has 7 nitrogen and oxygen atoms in total. The molecule has 1 saturated heterocycles. The molecule has 29 heavy (non-hydrogen) atoms. The lowest BCUT2D eigenvalue weighted by Crippen LogP contribution is -2.49. The zero-order valence-electron chi connectivity index (χ0n) is 15.0. The van der Waals surface area contributed by atoms with E-state index in [9.17, 15) is 18.0 Å². The van der Waals surface area contributed by atoms with Crippen LogP contribution in [0.3, 0.4) is 0 Å². The molecule has 3 rings (SSSR count). The standard InChI is InChI=1S/C14H17ClN4OS2.C2HF3O2/c1-8-6-13(22-19-8)18-14(20)17-10-4-5-16-7-9(10)11-2-3-12(15)21-11;3-2(4,5)1(6)7/h2-3,6,9-10,16H,4-5,7H2,1H3,(H2,17,18,20);(H,6,7)/t9-,10-;/m1./s1. The van der Waals surface area contributed by atoms with Crippen LogP contribution < -0.4 is 16.0 Å². The molecule has 13 heteroatoms. The van der Waals surface area contributed by atoms with E-state index in [1.54, 1.807) is 11.3 Å². The third kappa shape index (κ3) is 7.46. The fourth-order valence-corrected chi connectivity index (χ4v) is 4.48. The number of aliphatic carboxylic acids is 1. The van der Waals surface area contributed by atoms with Crippen molar-refractivity contribution >= 4 is 51.5 Å². The van der Waals surface area contributed by atoms with Gasteiger partial charge in [-0.15, -0.1) is 11.3 Å². The van der Waals surface area contributed by atoms with Crippen LogP contribution in [-0.4, -0.2) is 46.8 Å². The second-order valence-electron chi connectivity index (χ2n) is 6.08. The molecule has 1 aliphatic heterocycles. The van der Waals surface area contributed by atoms with Gasteiger partial charge in [-0.2, -0.15) is 17.5 Å². The lowest BCUT2D eigenvalue weighted by Gasteiger charge is -2.32. The number of nitrogens with one attached hydrogen (secondary N) is 3. The number of aryl methyl sites for hydroxylation is 1. The summed E-state index contributed by atoms with van der Waals surface area (Å²) >= 11 is 8.90. The van der Waals surface area contributed by atoms with E-state index in [4.69, 9.17) is 21.5 Å². The van der Waals surface area contributed by atoms with Crippen LogP contribution in [0.1, 0.15) is 22.9 Å². The molecule has 0 aliphatic carbocycles. The van der Waals surface area contributed by atoms with Crippen LogP contribution in [0.15, 0.2) is 18.2 Å². The lowest BCUT2D eigenvalue weighted by molar-refractivity contribution is -0.192. The molecule has 2 atom stereocenters. The molecule has 0 bridgehead atoms. The summed E-state index contributed by atoms with van der Waals surface area (Å²) in [5.41, 5.74) is 0.910. The molecular formula is C16H18ClF3N4O3S2. The minimum atomic E-state index is -5.08. The number of rotatable bonds is 3. The Balaban J connectivity index is 0.000000370. The number of hydrogen-bond acceptors (Lipinski definition) is 6. The summed E-state index contributed by atoms with van der Waals surface area (Å²) in [6, 6.07) is 5.74. The Labute approximate surface area is 177 Å². The third-order valence-corrected chi connectivity index (χ3v) is 6.02. The van der Waals surface area contributed by atoms with Crippen LogP contribution in [-0.2, 0) is 4.79 Å². The van der Waals surface area contributed by atoms with E-state index in [2.05, 4.69) is 20.3 Å². The van der Waals surface area contributed by atoms with E-state index in [1.165, 1.54) is 16.4 Å². The Bertz CT molecular complexity index is 843. The number of anilines is 1. The molecule has 0 spiro atoms. The molecule has 0 radical (unpaired) electrons. The van der Waals surface area contributed by atoms with Gasteiger partial charge in [0.25, 0.3) is 0 Å². The van der Waals surface area contributed by atoms with Crippen molar-refractivity contribution in [2.45, 2.75) is 31.5 Å². The molecule has 0 unspecified atom stereocenters. The summed E-state index contributed by atoms with van der Waals surface area (Å²) in [4.78, 5) is 22.3. The molecule has 2 aromatic rings. The number of amides is 2. The average molecular weight is 471 g/mol. The van der Waals surface area contributed by atoms with Crippen LogP contribution in [0.25, 0.3) is 0 Å². The van der Waals surface area contributed by atoms with Gasteiger partial charge in [0.05, 0.1) is 10.0 Å². The number of thiophene rings is 1. The fourth-order valence-electron chi connectivity index (χ4n) is 2.60. The summed E-state index contributed by atoms with van der Waals surface area (Å²) in [7, 11) is 0. The van der Waals surface area contributed by atoms with Crippen LogP contribution in [0.5, 0.6) is 0 Å². The molecule has 2 amide bonds. The summed E-state index contributed by atoms with van der Waals surface area (Å²) in [5.74, 6) is -2.51. The van der Waals surface area contributed by atoms with E-state index >= 15 is 0 Å². The van der Waals surface area contributed by atoms with Gasteiger partial charge in [0.2, 0.25) is 0 Å². The second kappa shape index (κ2) is 10.2. The molecule has 1 aliphatic rings. The maximum absolute atomic E-state index is 12.2. The van der Waals surface area contributed by atoms with Crippen LogP contribution in [0, 0.1) is 6.92 Å². The number of urea groups is 1. The van der Waals surface area contributed by atoms with Crippen molar-refractivity contribution < 1.29 is 27.9 Å². The van der Waals surface area contributed by atoms with E-state index in [0.717, 1.165) is 34.5 Å². The number of alkyl halides is 3. The number of carboxylic acid groups (broad SMARTS) is 1. The summed E-state index contributed by atoms with van der Waals surface area (Å²) in [6.45, 7) is 3.66. The number of carbonyl (C=O) groups excluding carboxylic acids is 1. The second-order valence-corrected chi connectivity index (χ2v) is 8.63. The maximum Gasteiger partial charge on any atom is 0.490 e. The highest BCUT2D eigenvalue weighted by molar-refractivity contribution is 7.16. The van der Waals surface area contributed by atoms with Crippen molar-refractivity contribution in [2.75, 3.05) is 18.4 Å². The normalized spacial score (nSPS) is 19.1. The molecule has 3 heterocycles. The number of carboxylic acids is 1.